The van der Waals surface area contributed by atoms with Gasteiger partial charge in [0, 0.05) is 16.8 Å². The molecule has 3 aromatic rings. The SMILES string of the molecule is COc1ccc(C(=O)Nc2ccc(OC)c(NC(=O)c3ccccc3C)c2)cc1. The van der Waals surface area contributed by atoms with Gasteiger partial charge in [0.15, 0.2) is 0 Å². The van der Waals surface area contributed by atoms with Gasteiger partial charge in [-0.2, -0.15) is 0 Å². The summed E-state index contributed by atoms with van der Waals surface area (Å²) in [6, 6.07) is 19.2. The van der Waals surface area contributed by atoms with Crippen molar-refractivity contribution in [2.75, 3.05) is 24.9 Å². The molecule has 0 unspecified atom stereocenters. The summed E-state index contributed by atoms with van der Waals surface area (Å²) in [4.78, 5) is 25.1. The van der Waals surface area contributed by atoms with Gasteiger partial charge in [-0.3, -0.25) is 9.59 Å². The Morgan fingerprint density at radius 3 is 2.17 bits per heavy atom. The standard InChI is InChI=1S/C23H22N2O4/c1-15-6-4-5-7-19(15)23(27)25-20-14-17(10-13-21(20)29-3)24-22(26)16-8-11-18(28-2)12-9-16/h4-14H,1-3H3,(H,24,26)(H,25,27). The Hall–Kier alpha value is -3.80. The molecular weight excluding hydrogens is 368 g/mol. The van der Waals surface area contributed by atoms with Crippen LogP contribution in [0.25, 0.3) is 0 Å². The zero-order valence-electron chi connectivity index (χ0n) is 16.5. The molecule has 0 spiro atoms. The van der Waals surface area contributed by atoms with Crippen LogP contribution >= 0.6 is 0 Å². The van der Waals surface area contributed by atoms with Crippen LogP contribution in [0.5, 0.6) is 11.5 Å². The maximum Gasteiger partial charge on any atom is 0.256 e. The van der Waals surface area contributed by atoms with Gasteiger partial charge < -0.3 is 20.1 Å². The number of methoxy groups -OCH3 is 2. The van der Waals surface area contributed by atoms with Crippen LogP contribution in [0.3, 0.4) is 0 Å². The summed E-state index contributed by atoms with van der Waals surface area (Å²) in [6.45, 7) is 1.87. The van der Waals surface area contributed by atoms with Gasteiger partial charge >= 0.3 is 0 Å². The highest BCUT2D eigenvalue weighted by Crippen LogP contribution is 2.29. The number of aryl methyl sites for hydroxylation is 1. The molecule has 2 N–H and O–H groups in total. The molecule has 2 amide bonds. The molecule has 0 aliphatic rings. The lowest BCUT2D eigenvalue weighted by atomic mass is 10.1. The van der Waals surface area contributed by atoms with Crippen LogP contribution in [-0.2, 0) is 0 Å². The van der Waals surface area contributed by atoms with E-state index in [1.165, 1.54) is 7.11 Å². The van der Waals surface area contributed by atoms with Crippen molar-refractivity contribution < 1.29 is 19.1 Å². The lowest BCUT2D eigenvalue weighted by Gasteiger charge is -2.14. The largest absolute Gasteiger partial charge is 0.497 e. The molecule has 0 saturated heterocycles. The fourth-order valence-corrected chi connectivity index (χ4v) is 2.85. The molecule has 6 heteroatoms. The normalized spacial score (nSPS) is 10.2. The van der Waals surface area contributed by atoms with Gasteiger partial charge in [0.05, 0.1) is 19.9 Å². The Balaban J connectivity index is 1.80. The molecule has 29 heavy (non-hydrogen) atoms. The summed E-state index contributed by atoms with van der Waals surface area (Å²) < 4.78 is 10.4. The third-order valence-corrected chi connectivity index (χ3v) is 4.45. The maximum absolute atomic E-state index is 12.7. The van der Waals surface area contributed by atoms with Crippen molar-refractivity contribution in [1.82, 2.24) is 0 Å². The molecule has 0 atom stereocenters. The number of carbonyl (C=O) groups is 2. The molecule has 0 aliphatic carbocycles. The summed E-state index contributed by atoms with van der Waals surface area (Å²) in [5, 5.41) is 5.68. The highest BCUT2D eigenvalue weighted by Gasteiger charge is 2.14. The number of anilines is 2. The van der Waals surface area contributed by atoms with Crippen LogP contribution < -0.4 is 20.1 Å². The Morgan fingerprint density at radius 1 is 0.793 bits per heavy atom. The zero-order chi connectivity index (χ0) is 20.8. The Labute approximate surface area is 169 Å². The number of nitrogens with one attached hydrogen (secondary N) is 2. The van der Waals surface area contributed by atoms with Crippen molar-refractivity contribution >= 4 is 23.2 Å². The fraction of sp³-hybridized carbons (Fsp3) is 0.130. The van der Waals surface area contributed by atoms with Gasteiger partial charge in [-0.15, -0.1) is 0 Å². The van der Waals surface area contributed by atoms with E-state index < -0.39 is 0 Å². The molecule has 0 aromatic heterocycles. The first-order chi connectivity index (χ1) is 14.0. The second-order valence-corrected chi connectivity index (χ2v) is 6.37. The number of hydrogen-bond donors (Lipinski definition) is 2. The monoisotopic (exact) mass is 390 g/mol. The first-order valence-electron chi connectivity index (χ1n) is 9.02. The van der Waals surface area contributed by atoms with E-state index in [0.29, 0.717) is 34.0 Å². The number of amides is 2. The number of ether oxygens (including phenoxy) is 2. The second kappa shape index (κ2) is 8.93. The number of rotatable bonds is 6. The minimum absolute atomic E-state index is 0.250. The third-order valence-electron chi connectivity index (χ3n) is 4.45. The van der Waals surface area contributed by atoms with E-state index in [9.17, 15) is 9.59 Å². The number of benzene rings is 3. The molecule has 6 nitrogen and oxygen atoms in total. The molecule has 0 bridgehead atoms. The van der Waals surface area contributed by atoms with E-state index in [4.69, 9.17) is 9.47 Å². The van der Waals surface area contributed by atoms with Crippen molar-refractivity contribution in [3.63, 3.8) is 0 Å². The summed E-state index contributed by atoms with van der Waals surface area (Å²) in [5.74, 6) is 0.649. The average molecular weight is 390 g/mol. The van der Waals surface area contributed by atoms with Gasteiger partial charge in [0.25, 0.3) is 11.8 Å². The van der Waals surface area contributed by atoms with Crippen LogP contribution in [0.1, 0.15) is 26.3 Å². The van der Waals surface area contributed by atoms with E-state index >= 15 is 0 Å². The van der Waals surface area contributed by atoms with E-state index in [0.717, 1.165) is 5.56 Å². The fourth-order valence-electron chi connectivity index (χ4n) is 2.85. The predicted molar refractivity (Wildman–Crippen MR) is 113 cm³/mol. The molecule has 3 aromatic carbocycles. The topological polar surface area (TPSA) is 76.7 Å². The molecule has 3 rings (SSSR count). The first-order valence-corrected chi connectivity index (χ1v) is 9.02. The van der Waals surface area contributed by atoms with Crippen molar-refractivity contribution in [1.29, 1.82) is 0 Å². The van der Waals surface area contributed by atoms with E-state index in [2.05, 4.69) is 10.6 Å². The Morgan fingerprint density at radius 2 is 1.52 bits per heavy atom. The number of carbonyl (C=O) groups excluding carboxylic acids is 2. The van der Waals surface area contributed by atoms with Crippen LogP contribution in [0, 0.1) is 6.92 Å². The molecular formula is C23H22N2O4. The van der Waals surface area contributed by atoms with E-state index in [1.807, 2.05) is 25.1 Å². The first kappa shape index (κ1) is 19.9. The quantitative estimate of drug-likeness (QED) is 0.649. The second-order valence-electron chi connectivity index (χ2n) is 6.37. The highest BCUT2D eigenvalue weighted by atomic mass is 16.5. The van der Waals surface area contributed by atoms with Gasteiger partial charge in [-0.25, -0.2) is 0 Å². The van der Waals surface area contributed by atoms with Crippen molar-refractivity contribution in [2.45, 2.75) is 6.92 Å². The summed E-state index contributed by atoms with van der Waals surface area (Å²) >= 11 is 0. The lowest BCUT2D eigenvalue weighted by Crippen LogP contribution is -2.15. The highest BCUT2D eigenvalue weighted by molar-refractivity contribution is 6.07. The predicted octanol–water partition coefficient (Wildman–Crippen LogP) is 4.52. The van der Waals surface area contributed by atoms with Gasteiger partial charge in [-0.1, -0.05) is 18.2 Å². The maximum atomic E-state index is 12.7. The van der Waals surface area contributed by atoms with Crippen LogP contribution in [0.15, 0.2) is 66.7 Å². The smallest absolute Gasteiger partial charge is 0.256 e. The molecule has 0 saturated carbocycles. The third kappa shape index (κ3) is 4.73. The zero-order valence-corrected chi connectivity index (χ0v) is 16.5. The van der Waals surface area contributed by atoms with Crippen LogP contribution in [-0.4, -0.2) is 26.0 Å². The molecule has 0 heterocycles. The Kier molecular flexibility index (Phi) is 6.14. The Bertz CT molecular complexity index is 1030. The lowest BCUT2D eigenvalue weighted by molar-refractivity contribution is 0.101. The van der Waals surface area contributed by atoms with Gasteiger partial charge in [0.2, 0.25) is 0 Å². The summed E-state index contributed by atoms with van der Waals surface area (Å²) in [7, 11) is 3.09. The summed E-state index contributed by atoms with van der Waals surface area (Å²) in [6.07, 6.45) is 0. The summed E-state index contributed by atoms with van der Waals surface area (Å²) in [5.41, 5.74) is 2.93. The van der Waals surface area contributed by atoms with Crippen molar-refractivity contribution in [3.05, 3.63) is 83.4 Å². The van der Waals surface area contributed by atoms with Crippen molar-refractivity contribution in [3.8, 4) is 11.5 Å². The van der Waals surface area contributed by atoms with Crippen LogP contribution in [0.4, 0.5) is 11.4 Å². The minimum atomic E-state index is -0.269. The molecule has 0 aliphatic heterocycles. The molecule has 148 valence electrons. The average Bonchev–Trinajstić information content (AvgIpc) is 2.74. The number of hydrogen-bond acceptors (Lipinski definition) is 4. The van der Waals surface area contributed by atoms with Gasteiger partial charge in [-0.05, 0) is 61.0 Å². The van der Waals surface area contributed by atoms with Gasteiger partial charge in [0.1, 0.15) is 11.5 Å². The van der Waals surface area contributed by atoms with Crippen molar-refractivity contribution in [2.24, 2.45) is 0 Å². The van der Waals surface area contributed by atoms with Crippen LogP contribution in [0.2, 0.25) is 0 Å². The molecule has 0 fully saturated rings. The van der Waals surface area contributed by atoms with E-state index in [-0.39, 0.29) is 11.8 Å². The molecule has 0 radical (unpaired) electrons. The van der Waals surface area contributed by atoms with E-state index in [1.54, 1.807) is 55.6 Å². The minimum Gasteiger partial charge on any atom is -0.497 e.